The van der Waals surface area contributed by atoms with Gasteiger partial charge in [0.1, 0.15) is 0 Å². The quantitative estimate of drug-likeness (QED) is 0.158. The standard InChI is InChI=1S/C63H39Br6N3S6/c64-52-53(65)59-47-29-23-41(74-47)17-19-43-25-31-49(76-43)61-55(67)57(69)63(72(61)36-39-14-8-3-9-15-39)51-33-27-45(78-51)21-20-44-26-32-50(77-44)62-56(68)54(66)60(71(62)35-38-12-6-2-7-13-38)48-30-24-42(75-48)18-16-40-22-28-46(73-40)58(52)70(59)34-37-10-4-1-5-11-37/h1-33H,34-36H2. The zero-order valence-electron chi connectivity index (χ0n) is 40.7. The summed E-state index contributed by atoms with van der Waals surface area (Å²) in [4.78, 5) is 0. The van der Waals surface area contributed by atoms with Gasteiger partial charge in [0.25, 0.3) is 0 Å². The fourth-order valence-corrected chi connectivity index (χ4v) is 20.1. The summed E-state index contributed by atoms with van der Waals surface area (Å²) in [7, 11) is 0. The number of hydrogen-bond donors (Lipinski definition) is 0. The van der Waals surface area contributed by atoms with Crippen LogP contribution in [-0.4, -0.2) is 13.7 Å². The lowest BCUT2D eigenvalue weighted by Gasteiger charge is -2.08. The van der Waals surface area contributed by atoms with Crippen molar-refractivity contribution in [3.8, 4) is 0 Å². The summed E-state index contributed by atoms with van der Waals surface area (Å²) < 4.78 is 27.9. The molecule has 0 unspecified atom stereocenters. The van der Waals surface area contributed by atoms with Crippen molar-refractivity contribution in [1.82, 2.24) is 13.7 Å². The molecule has 18 bridgehead atoms. The average molecular weight is 1510 g/mol. The summed E-state index contributed by atoms with van der Waals surface area (Å²) in [5, 5.41) is 0. The van der Waals surface area contributed by atoms with Crippen LogP contribution in [0, 0.1) is 0 Å². The van der Waals surface area contributed by atoms with E-state index < -0.39 is 0 Å². The normalized spacial score (nSPS) is 11.6. The van der Waals surface area contributed by atoms with E-state index in [0.717, 1.165) is 79.6 Å². The van der Waals surface area contributed by atoms with Crippen LogP contribution in [0.1, 0.15) is 16.7 Å². The zero-order valence-corrected chi connectivity index (χ0v) is 55.1. The molecule has 10 heterocycles. The SMILES string of the molecule is Brc1c(Br)c2c3ccc(ccc4ccc(s4)c4c(Br)c(Br)c(c5ccc(ccc6ccc(s6)c6c(Br)c(Br)c(c7ccc(ccc8ccc(s8)c1n2Cc1ccccc1)s7)n6Cc1ccccc1)s5)n4Cc1ccccc1)s3. The second-order valence-corrected chi connectivity index (χ2v) is 29.9. The van der Waals surface area contributed by atoms with E-state index in [0.29, 0.717) is 0 Å². The van der Waals surface area contributed by atoms with Crippen molar-refractivity contribution in [3.63, 3.8) is 0 Å². The summed E-state index contributed by atoms with van der Waals surface area (Å²) in [6, 6.07) is 72.8. The van der Waals surface area contributed by atoms with E-state index in [2.05, 4.69) is 309 Å². The van der Waals surface area contributed by atoms with Crippen molar-refractivity contribution in [2.24, 2.45) is 0 Å². The molecule has 13 aromatic rings. The lowest BCUT2D eigenvalue weighted by molar-refractivity contribution is 0.871. The Bertz CT molecular complexity index is 4080. The highest BCUT2D eigenvalue weighted by molar-refractivity contribution is 9.14. The number of halogens is 6. The minimum absolute atomic E-state index is 0.717. The van der Waals surface area contributed by atoms with Crippen LogP contribution in [-0.2, 0) is 19.6 Å². The van der Waals surface area contributed by atoms with Crippen LogP contribution in [0.15, 0.2) is 227 Å². The van der Waals surface area contributed by atoms with Gasteiger partial charge in [0.05, 0.1) is 88.1 Å². The molecule has 0 saturated heterocycles. The number of rotatable bonds is 6. The first-order chi connectivity index (χ1) is 38.1. The third-order valence-corrected chi connectivity index (χ3v) is 26.0. The lowest BCUT2D eigenvalue weighted by atomic mass is 10.2. The number of nitrogens with zero attached hydrogens (tertiary/aromatic N) is 3. The Morgan fingerprint density at radius 2 is 0.385 bits per heavy atom. The molecule has 0 saturated carbocycles. The molecule has 3 nitrogen and oxygen atoms in total. The van der Waals surface area contributed by atoms with Gasteiger partial charge in [0.15, 0.2) is 0 Å². The van der Waals surface area contributed by atoms with Gasteiger partial charge in [-0.15, -0.1) is 68.0 Å². The van der Waals surface area contributed by atoms with Gasteiger partial charge in [-0.3, -0.25) is 0 Å². The van der Waals surface area contributed by atoms with E-state index in [1.807, 2.05) is 0 Å². The van der Waals surface area contributed by atoms with Crippen molar-refractivity contribution < 1.29 is 0 Å². The predicted molar refractivity (Wildman–Crippen MR) is 367 cm³/mol. The van der Waals surface area contributed by atoms with E-state index >= 15 is 0 Å². The summed E-state index contributed by atoms with van der Waals surface area (Å²) in [5.74, 6) is 0. The minimum atomic E-state index is 0.717. The first kappa shape index (κ1) is 53.1. The number of fused-ring (bicyclic) bond motifs is 24. The highest BCUT2D eigenvalue weighted by Gasteiger charge is 2.21. The molecular weight excluding hydrogens is 1470 g/mol. The molecule has 78 heavy (non-hydrogen) atoms. The zero-order chi connectivity index (χ0) is 53.0. The third kappa shape index (κ3) is 10.5. The van der Waals surface area contributed by atoms with Crippen LogP contribution >= 0.6 is 164 Å². The van der Waals surface area contributed by atoms with E-state index in [1.165, 1.54) is 73.1 Å². The van der Waals surface area contributed by atoms with Gasteiger partial charge in [0.2, 0.25) is 0 Å². The number of thiophene rings is 6. The molecule has 0 radical (unpaired) electrons. The molecular formula is C63H39Br6N3S6. The number of hydrogen-bond acceptors (Lipinski definition) is 6. The molecule has 0 fully saturated rings. The van der Waals surface area contributed by atoms with Crippen LogP contribution in [0.2, 0.25) is 0 Å². The first-order valence-corrected chi connectivity index (χ1v) is 34.3. The van der Waals surface area contributed by atoms with Gasteiger partial charge in [0, 0.05) is 47.8 Å². The lowest BCUT2D eigenvalue weighted by Crippen LogP contribution is -1.98. The van der Waals surface area contributed by atoms with Crippen molar-refractivity contribution in [2.45, 2.75) is 19.6 Å². The molecule has 0 atom stereocenters. The van der Waals surface area contributed by atoms with Gasteiger partial charge < -0.3 is 13.7 Å². The van der Waals surface area contributed by atoms with Gasteiger partial charge in [-0.1, -0.05) is 91.0 Å². The molecule has 3 aromatic carbocycles. The Hall–Kier alpha value is -4.20. The highest BCUT2D eigenvalue weighted by Crippen LogP contribution is 2.45. The molecule has 10 aromatic heterocycles. The smallest absolute Gasteiger partial charge is 0.0746 e. The monoisotopic (exact) mass is 1500 g/mol. The summed E-state index contributed by atoms with van der Waals surface area (Å²) in [5.41, 5.74) is 10.6. The Morgan fingerprint density at radius 1 is 0.218 bits per heavy atom. The van der Waals surface area contributed by atoms with Crippen LogP contribution in [0.3, 0.4) is 0 Å². The van der Waals surface area contributed by atoms with Gasteiger partial charge >= 0.3 is 0 Å². The molecule has 0 aliphatic rings. The number of aromatic nitrogens is 3. The molecule has 0 aliphatic carbocycles. The van der Waals surface area contributed by atoms with Gasteiger partial charge in [-0.25, -0.2) is 0 Å². The molecule has 0 spiro atoms. The molecule has 0 N–H and O–H groups in total. The maximum absolute atomic E-state index is 4.10. The topological polar surface area (TPSA) is 14.8 Å². The second kappa shape index (κ2) is 23.0. The van der Waals surface area contributed by atoms with E-state index in [4.69, 9.17) is 0 Å². The Kier molecular flexibility index (Phi) is 15.7. The first-order valence-electron chi connectivity index (χ1n) is 24.6. The number of benzene rings is 3. The Balaban J connectivity index is 1.07. The van der Waals surface area contributed by atoms with Crippen molar-refractivity contribution in [2.75, 3.05) is 0 Å². The molecule has 0 aliphatic heterocycles. The summed E-state index contributed by atoms with van der Waals surface area (Å²) in [6.45, 7) is 2.15. The van der Waals surface area contributed by atoms with Crippen molar-refractivity contribution >= 4 is 253 Å². The minimum Gasteiger partial charge on any atom is -0.333 e. The Labute approximate surface area is 523 Å². The van der Waals surface area contributed by atoms with Crippen LogP contribution < -0.4 is 0 Å². The predicted octanol–water partition coefficient (Wildman–Crippen LogP) is 24.6. The average Bonchev–Trinajstić information content (AvgIpc) is 4.53. The van der Waals surface area contributed by atoms with E-state index in [1.54, 1.807) is 68.0 Å². The largest absolute Gasteiger partial charge is 0.333 e. The van der Waals surface area contributed by atoms with Crippen LogP contribution in [0.4, 0.5) is 0 Å². The fraction of sp³-hybridized carbons (Fsp3) is 0.0476. The van der Waals surface area contributed by atoms with Crippen molar-refractivity contribution in [3.05, 3.63) is 244 Å². The van der Waals surface area contributed by atoms with Crippen LogP contribution in [0.5, 0.6) is 0 Å². The maximum Gasteiger partial charge on any atom is 0.0746 e. The molecule has 0 amide bonds. The van der Waals surface area contributed by atoms with Gasteiger partial charge in [-0.05, 0) is 221 Å². The maximum atomic E-state index is 4.10. The summed E-state index contributed by atoms with van der Waals surface area (Å²) in [6.07, 6.45) is 0. The molecule has 15 heteroatoms. The third-order valence-electron chi connectivity index (χ3n) is 13.4. The van der Waals surface area contributed by atoms with E-state index in [-0.39, 0.29) is 0 Å². The second-order valence-electron chi connectivity index (χ2n) is 18.4. The van der Waals surface area contributed by atoms with Gasteiger partial charge in [-0.2, -0.15) is 0 Å². The van der Waals surface area contributed by atoms with Crippen LogP contribution in [0.25, 0.3) is 89.5 Å². The van der Waals surface area contributed by atoms with E-state index in [9.17, 15) is 0 Å². The highest BCUT2D eigenvalue weighted by atomic mass is 79.9. The Morgan fingerprint density at radius 3 is 0.564 bits per heavy atom. The van der Waals surface area contributed by atoms with Crippen molar-refractivity contribution in [1.29, 1.82) is 0 Å². The summed E-state index contributed by atoms with van der Waals surface area (Å²) >= 11 is 35.4. The molecule has 13 rings (SSSR count). The fourth-order valence-electron chi connectivity index (χ4n) is 9.80. The molecule has 384 valence electrons.